The van der Waals surface area contributed by atoms with Crippen LogP contribution in [0.1, 0.15) is 67.4 Å². The molecule has 0 aromatic heterocycles. The standard InChI is InChI=1S/C35H42N6O7S/c1-35(2)13-3-4-14-41(35)49(47,48)20-21-7-5-8-22(15-21)37-33(45)31-25-17-39(18-26(25)31)30(43)16-36-27-10-6-9-23-24(27)19-40(34(23)46)28-11-12-29(42)38-32(28)44/h5-10,15,25-26,28,31,36H,3-4,11-14,16-20H2,1-2H3,(H,37,45)(H,38,42,44)/t25-,26?,28?,31?/m0/s1. The van der Waals surface area contributed by atoms with E-state index in [1.807, 2.05) is 13.8 Å². The van der Waals surface area contributed by atoms with Gasteiger partial charge in [0, 0.05) is 66.6 Å². The van der Waals surface area contributed by atoms with E-state index in [0.29, 0.717) is 47.7 Å². The fourth-order valence-electron chi connectivity index (χ4n) is 8.16. The van der Waals surface area contributed by atoms with Crippen molar-refractivity contribution in [1.29, 1.82) is 0 Å². The average Bonchev–Trinajstić information content (AvgIpc) is 3.35. The summed E-state index contributed by atoms with van der Waals surface area (Å²) in [4.78, 5) is 66.7. The van der Waals surface area contributed by atoms with Crippen molar-refractivity contribution >= 4 is 50.9 Å². The number of rotatable bonds is 9. The molecule has 14 heteroatoms. The normalized spacial score (nSPS) is 26.2. The summed E-state index contributed by atoms with van der Waals surface area (Å²) in [6, 6.07) is 11.5. The molecule has 4 heterocycles. The zero-order valence-corrected chi connectivity index (χ0v) is 28.6. The lowest BCUT2D eigenvalue weighted by Crippen LogP contribution is -2.52. The molecule has 4 fully saturated rings. The van der Waals surface area contributed by atoms with E-state index in [0.717, 1.165) is 19.3 Å². The molecule has 13 nitrogen and oxygen atoms in total. The minimum Gasteiger partial charge on any atom is -0.376 e. The fraction of sp³-hybridized carbons (Fsp3) is 0.514. The second-order valence-electron chi connectivity index (χ2n) is 14.5. The molecule has 1 aliphatic carbocycles. The van der Waals surface area contributed by atoms with Crippen LogP contribution in [-0.4, -0.2) is 89.8 Å². The van der Waals surface area contributed by atoms with Crippen LogP contribution in [-0.2, 0) is 41.5 Å². The van der Waals surface area contributed by atoms with Crippen molar-refractivity contribution in [2.24, 2.45) is 17.8 Å². The number of carbonyl (C=O) groups excluding carboxylic acids is 5. The average molecular weight is 691 g/mol. The third kappa shape index (κ3) is 6.43. The first-order valence-electron chi connectivity index (χ1n) is 17.0. The zero-order chi connectivity index (χ0) is 34.7. The Hall–Kier alpha value is -4.30. The molecule has 5 amide bonds. The molecule has 0 spiro atoms. The highest BCUT2D eigenvalue weighted by atomic mass is 32.2. The molecule has 0 radical (unpaired) electrons. The van der Waals surface area contributed by atoms with Crippen LogP contribution in [0.3, 0.4) is 0 Å². The van der Waals surface area contributed by atoms with Crippen molar-refractivity contribution in [3.8, 4) is 0 Å². The van der Waals surface area contributed by atoms with Crippen LogP contribution in [0.25, 0.3) is 0 Å². The van der Waals surface area contributed by atoms with Gasteiger partial charge in [0.1, 0.15) is 6.04 Å². The second-order valence-corrected chi connectivity index (χ2v) is 16.4. The van der Waals surface area contributed by atoms with Gasteiger partial charge in [-0.05, 0) is 74.8 Å². The number of hydrogen-bond donors (Lipinski definition) is 3. The summed E-state index contributed by atoms with van der Waals surface area (Å²) in [5.74, 6) is -1.53. The number of carbonyl (C=O) groups is 5. The van der Waals surface area contributed by atoms with Crippen molar-refractivity contribution in [2.45, 2.75) is 69.8 Å². The number of nitrogens with one attached hydrogen (secondary N) is 3. The third-order valence-corrected chi connectivity index (χ3v) is 12.9. The van der Waals surface area contributed by atoms with Gasteiger partial charge in [-0.2, -0.15) is 4.31 Å². The summed E-state index contributed by atoms with van der Waals surface area (Å²) >= 11 is 0. The summed E-state index contributed by atoms with van der Waals surface area (Å²) in [6.07, 6.45) is 3.14. The Labute approximate surface area is 285 Å². The molecule has 260 valence electrons. The number of imide groups is 1. The van der Waals surface area contributed by atoms with Gasteiger partial charge in [0.2, 0.25) is 33.7 Å². The lowest BCUT2D eigenvalue weighted by Gasteiger charge is -2.41. The Bertz CT molecular complexity index is 1830. The smallest absolute Gasteiger partial charge is 0.255 e. The van der Waals surface area contributed by atoms with Crippen LogP contribution < -0.4 is 16.0 Å². The highest BCUT2D eigenvalue weighted by molar-refractivity contribution is 7.88. The molecule has 3 N–H and O–H groups in total. The van der Waals surface area contributed by atoms with Crippen LogP contribution in [0.2, 0.25) is 0 Å². The highest BCUT2D eigenvalue weighted by Crippen LogP contribution is 2.52. The lowest BCUT2D eigenvalue weighted by molar-refractivity contribution is -0.137. The Morgan fingerprint density at radius 3 is 2.51 bits per heavy atom. The van der Waals surface area contributed by atoms with E-state index in [4.69, 9.17) is 0 Å². The number of amides is 5. The number of anilines is 2. The van der Waals surface area contributed by atoms with Crippen molar-refractivity contribution in [3.05, 3.63) is 59.2 Å². The van der Waals surface area contributed by atoms with Gasteiger partial charge in [-0.3, -0.25) is 29.3 Å². The van der Waals surface area contributed by atoms with E-state index >= 15 is 0 Å². The quantitative estimate of drug-likeness (QED) is 0.338. The molecule has 3 saturated heterocycles. The van der Waals surface area contributed by atoms with Crippen molar-refractivity contribution in [2.75, 3.05) is 36.8 Å². The predicted molar refractivity (Wildman–Crippen MR) is 180 cm³/mol. The van der Waals surface area contributed by atoms with Crippen molar-refractivity contribution < 1.29 is 32.4 Å². The first-order chi connectivity index (χ1) is 23.3. The van der Waals surface area contributed by atoms with Gasteiger partial charge < -0.3 is 20.4 Å². The monoisotopic (exact) mass is 690 g/mol. The fourth-order valence-corrected chi connectivity index (χ4v) is 10.2. The number of piperidine rings is 3. The van der Waals surface area contributed by atoms with Gasteiger partial charge in [0.25, 0.3) is 5.91 Å². The number of sulfonamides is 1. The summed E-state index contributed by atoms with van der Waals surface area (Å²) in [6.45, 7) is 5.63. The highest BCUT2D eigenvalue weighted by Gasteiger charge is 2.60. The number of hydrogen-bond acceptors (Lipinski definition) is 8. The van der Waals surface area contributed by atoms with Crippen molar-refractivity contribution in [3.63, 3.8) is 0 Å². The van der Waals surface area contributed by atoms with E-state index in [2.05, 4.69) is 16.0 Å². The molecule has 5 aliphatic rings. The molecule has 4 aliphatic heterocycles. The van der Waals surface area contributed by atoms with E-state index in [-0.39, 0.29) is 73.1 Å². The van der Waals surface area contributed by atoms with Crippen LogP contribution in [0.5, 0.6) is 0 Å². The first-order valence-corrected chi connectivity index (χ1v) is 18.6. The minimum absolute atomic E-state index is 0.0175. The molecule has 7 rings (SSSR count). The zero-order valence-electron chi connectivity index (χ0n) is 27.7. The summed E-state index contributed by atoms with van der Waals surface area (Å²) in [5, 5.41) is 8.45. The maximum atomic E-state index is 13.3. The van der Waals surface area contributed by atoms with E-state index in [1.54, 1.807) is 51.7 Å². The Balaban J connectivity index is 0.903. The molecule has 2 aromatic carbocycles. The molecule has 4 atom stereocenters. The summed E-state index contributed by atoms with van der Waals surface area (Å²) in [5.41, 5.74) is 2.59. The van der Waals surface area contributed by atoms with Gasteiger partial charge in [0.15, 0.2) is 0 Å². The Morgan fingerprint density at radius 2 is 1.78 bits per heavy atom. The van der Waals surface area contributed by atoms with Gasteiger partial charge in [-0.1, -0.05) is 24.6 Å². The summed E-state index contributed by atoms with van der Waals surface area (Å²) < 4.78 is 28.2. The lowest BCUT2D eigenvalue weighted by atomic mass is 9.93. The third-order valence-electron chi connectivity index (χ3n) is 10.8. The maximum Gasteiger partial charge on any atom is 0.255 e. The number of likely N-dealkylation sites (tertiary alicyclic amines) is 1. The second kappa shape index (κ2) is 12.5. The molecule has 0 bridgehead atoms. The predicted octanol–water partition coefficient (Wildman–Crippen LogP) is 2.30. The SMILES string of the molecule is CC1(C)CCCCN1S(=O)(=O)Cc1cccc(NC(=O)C2C3CN(C(=O)CNc4cccc5c4CN(C4CCC(=O)NC4=O)C5=O)C[C@@H]32)c1. The molecule has 3 unspecified atom stereocenters. The summed E-state index contributed by atoms with van der Waals surface area (Å²) in [7, 11) is -3.52. The molecule has 2 aromatic rings. The van der Waals surface area contributed by atoms with Gasteiger partial charge in [0.05, 0.1) is 12.3 Å². The Morgan fingerprint density at radius 1 is 1.02 bits per heavy atom. The molecular weight excluding hydrogens is 648 g/mol. The van der Waals surface area contributed by atoms with Gasteiger partial charge in [-0.25, -0.2) is 8.42 Å². The topological polar surface area (TPSA) is 165 Å². The first kappa shape index (κ1) is 33.2. The number of nitrogens with zero attached hydrogens (tertiary/aromatic N) is 3. The van der Waals surface area contributed by atoms with Crippen LogP contribution >= 0.6 is 0 Å². The molecular formula is C35H42N6O7S. The van der Waals surface area contributed by atoms with Crippen LogP contribution in [0.4, 0.5) is 11.4 Å². The van der Waals surface area contributed by atoms with Crippen LogP contribution in [0, 0.1) is 17.8 Å². The largest absolute Gasteiger partial charge is 0.376 e. The number of fused-ring (bicyclic) bond motifs is 2. The molecule has 49 heavy (non-hydrogen) atoms. The van der Waals surface area contributed by atoms with Crippen LogP contribution in [0.15, 0.2) is 42.5 Å². The van der Waals surface area contributed by atoms with E-state index in [9.17, 15) is 32.4 Å². The van der Waals surface area contributed by atoms with Crippen molar-refractivity contribution in [1.82, 2.24) is 19.4 Å². The Kier molecular flexibility index (Phi) is 8.50. The van der Waals surface area contributed by atoms with E-state index < -0.39 is 27.5 Å². The number of benzene rings is 2. The molecule has 1 saturated carbocycles. The van der Waals surface area contributed by atoms with E-state index in [1.165, 1.54) is 4.90 Å². The maximum absolute atomic E-state index is 13.3. The van der Waals surface area contributed by atoms with Gasteiger partial charge in [-0.15, -0.1) is 0 Å². The minimum atomic E-state index is -3.52. The van der Waals surface area contributed by atoms with Gasteiger partial charge >= 0.3 is 0 Å².